The minimum absolute atomic E-state index is 0.170. The van der Waals surface area contributed by atoms with Gasteiger partial charge in [-0.2, -0.15) is 0 Å². The van der Waals surface area contributed by atoms with Crippen LogP contribution in [-0.4, -0.2) is 28.4 Å². The lowest BCUT2D eigenvalue weighted by atomic mass is 10.0. The standard InChI is InChI=1S/C26H24N6O2S/c1-3-24-23(26(31-17-30-24)20-10-11-21(14-27)29-16-20)12-9-19-13-25(18(2)28-15-19)32-35(33,34)22-7-5-4-6-8-22/h4-8,10-11,13,15-17,32H,3,14,27H2,1-2H3. The molecule has 0 radical (unpaired) electrons. The molecule has 3 heterocycles. The Kier molecular flexibility index (Phi) is 7.15. The fourth-order valence-corrected chi connectivity index (χ4v) is 4.50. The molecule has 3 N–H and O–H groups in total. The molecule has 0 unspecified atom stereocenters. The third-order valence-electron chi connectivity index (χ3n) is 5.28. The molecular weight excluding hydrogens is 460 g/mol. The molecule has 4 rings (SSSR count). The first-order chi connectivity index (χ1) is 16.9. The van der Waals surface area contributed by atoms with Crippen LogP contribution in [0, 0.1) is 18.8 Å². The number of nitrogens with one attached hydrogen (secondary N) is 1. The van der Waals surface area contributed by atoms with E-state index in [2.05, 4.69) is 36.5 Å². The van der Waals surface area contributed by atoms with E-state index in [1.807, 2.05) is 19.1 Å². The average molecular weight is 485 g/mol. The highest BCUT2D eigenvalue weighted by molar-refractivity contribution is 7.92. The van der Waals surface area contributed by atoms with Crippen molar-refractivity contribution in [1.29, 1.82) is 0 Å². The van der Waals surface area contributed by atoms with Gasteiger partial charge in [0.25, 0.3) is 10.0 Å². The molecule has 8 nitrogen and oxygen atoms in total. The van der Waals surface area contributed by atoms with Gasteiger partial charge < -0.3 is 5.73 Å². The van der Waals surface area contributed by atoms with Crippen molar-refractivity contribution >= 4 is 15.7 Å². The zero-order valence-electron chi connectivity index (χ0n) is 19.4. The molecule has 0 amide bonds. The SMILES string of the molecule is CCc1ncnc(-c2ccc(CN)nc2)c1C#Cc1cnc(C)c(NS(=O)(=O)c2ccccc2)c1. The molecule has 0 saturated heterocycles. The van der Waals surface area contributed by atoms with Gasteiger partial charge in [-0.25, -0.2) is 18.4 Å². The molecule has 0 aliphatic heterocycles. The second-order valence-corrected chi connectivity index (χ2v) is 9.35. The summed E-state index contributed by atoms with van der Waals surface area (Å²) in [5.74, 6) is 6.27. The predicted octanol–water partition coefficient (Wildman–Crippen LogP) is 3.46. The van der Waals surface area contributed by atoms with E-state index in [0.717, 1.165) is 17.0 Å². The first kappa shape index (κ1) is 24.0. The lowest BCUT2D eigenvalue weighted by molar-refractivity contribution is 0.601. The van der Waals surface area contributed by atoms with E-state index in [1.54, 1.807) is 43.6 Å². The van der Waals surface area contributed by atoms with Crippen molar-refractivity contribution in [3.05, 3.63) is 95.5 Å². The maximum atomic E-state index is 12.8. The van der Waals surface area contributed by atoms with Crippen LogP contribution in [0.2, 0.25) is 0 Å². The lowest BCUT2D eigenvalue weighted by Crippen LogP contribution is -2.14. The van der Waals surface area contributed by atoms with E-state index in [4.69, 9.17) is 5.73 Å². The molecule has 0 aliphatic carbocycles. The van der Waals surface area contributed by atoms with Gasteiger partial charge in [0, 0.05) is 30.1 Å². The van der Waals surface area contributed by atoms with Gasteiger partial charge >= 0.3 is 0 Å². The number of nitrogens with two attached hydrogens (primary N) is 1. The number of hydrogen-bond acceptors (Lipinski definition) is 7. The van der Waals surface area contributed by atoms with Crippen molar-refractivity contribution in [2.75, 3.05) is 4.72 Å². The molecule has 0 atom stereocenters. The minimum Gasteiger partial charge on any atom is -0.325 e. The van der Waals surface area contributed by atoms with Crippen LogP contribution in [0.5, 0.6) is 0 Å². The van der Waals surface area contributed by atoms with E-state index in [-0.39, 0.29) is 4.90 Å². The van der Waals surface area contributed by atoms with Crippen molar-refractivity contribution in [3.63, 3.8) is 0 Å². The molecular formula is C26H24N6O2S. The van der Waals surface area contributed by atoms with E-state index >= 15 is 0 Å². The summed E-state index contributed by atoms with van der Waals surface area (Å²) in [6.07, 6.45) is 5.51. The summed E-state index contributed by atoms with van der Waals surface area (Å²) in [6, 6.07) is 13.6. The summed E-state index contributed by atoms with van der Waals surface area (Å²) in [6.45, 7) is 4.08. The van der Waals surface area contributed by atoms with E-state index < -0.39 is 10.0 Å². The zero-order chi connectivity index (χ0) is 24.8. The highest BCUT2D eigenvalue weighted by Gasteiger charge is 2.16. The molecule has 0 fully saturated rings. The average Bonchev–Trinajstić information content (AvgIpc) is 2.89. The Balaban J connectivity index is 1.71. The molecule has 0 bridgehead atoms. The number of aromatic nitrogens is 4. The quantitative estimate of drug-likeness (QED) is 0.402. The van der Waals surface area contributed by atoms with Crippen molar-refractivity contribution in [3.8, 4) is 23.1 Å². The summed E-state index contributed by atoms with van der Waals surface area (Å²) in [5, 5.41) is 0. The number of sulfonamides is 1. The van der Waals surface area contributed by atoms with Gasteiger partial charge in [-0.05, 0) is 43.7 Å². The molecule has 3 aromatic heterocycles. The Hall–Kier alpha value is -4.13. The van der Waals surface area contributed by atoms with Crippen LogP contribution in [0.3, 0.4) is 0 Å². The maximum absolute atomic E-state index is 12.8. The number of anilines is 1. The number of pyridine rings is 2. The molecule has 0 spiro atoms. The summed E-state index contributed by atoms with van der Waals surface area (Å²) in [5.41, 5.74) is 10.9. The maximum Gasteiger partial charge on any atom is 0.261 e. The van der Waals surface area contributed by atoms with Gasteiger partial charge in [0.2, 0.25) is 0 Å². The lowest BCUT2D eigenvalue weighted by Gasteiger charge is -2.10. The minimum atomic E-state index is -3.75. The summed E-state index contributed by atoms with van der Waals surface area (Å²) < 4.78 is 28.2. The van der Waals surface area contributed by atoms with Crippen LogP contribution in [0.1, 0.15) is 35.1 Å². The Morgan fingerprint density at radius 2 is 1.77 bits per heavy atom. The Morgan fingerprint density at radius 1 is 0.971 bits per heavy atom. The van der Waals surface area contributed by atoms with Gasteiger partial charge in [-0.15, -0.1) is 0 Å². The van der Waals surface area contributed by atoms with Crippen LogP contribution in [0.4, 0.5) is 5.69 Å². The van der Waals surface area contributed by atoms with E-state index in [9.17, 15) is 8.42 Å². The molecule has 0 aliphatic rings. The Bertz CT molecular complexity index is 1510. The smallest absolute Gasteiger partial charge is 0.261 e. The second-order valence-electron chi connectivity index (χ2n) is 7.67. The molecule has 0 saturated carbocycles. The number of aryl methyl sites for hydroxylation is 2. The summed E-state index contributed by atoms with van der Waals surface area (Å²) in [7, 11) is -3.75. The third kappa shape index (κ3) is 5.51. The van der Waals surface area contributed by atoms with Gasteiger partial charge in [0.05, 0.1) is 38.9 Å². The van der Waals surface area contributed by atoms with Gasteiger partial charge in [0.15, 0.2) is 0 Å². The summed E-state index contributed by atoms with van der Waals surface area (Å²) in [4.78, 5) is 17.7. The Labute approximate surface area is 204 Å². The van der Waals surface area contributed by atoms with Crippen molar-refractivity contribution < 1.29 is 8.42 Å². The first-order valence-electron chi connectivity index (χ1n) is 11.0. The van der Waals surface area contributed by atoms with Gasteiger partial charge in [0.1, 0.15) is 6.33 Å². The first-order valence-corrected chi connectivity index (χ1v) is 12.5. The highest BCUT2D eigenvalue weighted by atomic mass is 32.2. The third-order valence-corrected chi connectivity index (χ3v) is 6.67. The van der Waals surface area contributed by atoms with Crippen molar-refractivity contribution in [2.24, 2.45) is 5.73 Å². The number of hydrogen-bond donors (Lipinski definition) is 2. The second kappa shape index (κ2) is 10.4. The van der Waals surface area contributed by atoms with Crippen molar-refractivity contribution in [2.45, 2.75) is 31.7 Å². The normalized spacial score (nSPS) is 10.9. The highest BCUT2D eigenvalue weighted by Crippen LogP contribution is 2.23. The van der Waals surface area contributed by atoms with E-state index in [0.29, 0.717) is 41.2 Å². The van der Waals surface area contributed by atoms with Gasteiger partial charge in [-0.3, -0.25) is 14.7 Å². The molecule has 1 aromatic carbocycles. The molecule has 35 heavy (non-hydrogen) atoms. The fraction of sp³-hybridized carbons (Fsp3) is 0.154. The van der Waals surface area contributed by atoms with Crippen molar-refractivity contribution in [1.82, 2.24) is 19.9 Å². The summed E-state index contributed by atoms with van der Waals surface area (Å²) >= 11 is 0. The zero-order valence-corrected chi connectivity index (χ0v) is 20.2. The molecule has 4 aromatic rings. The molecule has 9 heteroatoms. The van der Waals surface area contributed by atoms with E-state index in [1.165, 1.54) is 18.5 Å². The fourth-order valence-electron chi connectivity index (χ4n) is 3.37. The monoisotopic (exact) mass is 484 g/mol. The largest absolute Gasteiger partial charge is 0.325 e. The van der Waals surface area contributed by atoms with Crippen LogP contribution >= 0.6 is 0 Å². The number of rotatable bonds is 6. The van der Waals surface area contributed by atoms with Crippen LogP contribution in [0.25, 0.3) is 11.3 Å². The van der Waals surface area contributed by atoms with Gasteiger partial charge in [-0.1, -0.05) is 37.0 Å². The van der Waals surface area contributed by atoms with Crippen LogP contribution in [-0.2, 0) is 23.0 Å². The van der Waals surface area contributed by atoms with Crippen LogP contribution < -0.4 is 10.5 Å². The number of nitrogens with zero attached hydrogens (tertiary/aromatic N) is 4. The molecule has 176 valence electrons. The predicted molar refractivity (Wildman–Crippen MR) is 135 cm³/mol. The van der Waals surface area contributed by atoms with Crippen LogP contribution in [0.15, 0.2) is 72.1 Å². The number of benzene rings is 1. The topological polar surface area (TPSA) is 124 Å². The Morgan fingerprint density at radius 3 is 2.46 bits per heavy atom.